The van der Waals surface area contributed by atoms with E-state index >= 15 is 0 Å². The van der Waals surface area contributed by atoms with Crippen molar-refractivity contribution >= 4 is 0 Å². The third kappa shape index (κ3) is 4.44. The molecular formula is C14H23FN2. The van der Waals surface area contributed by atoms with Crippen molar-refractivity contribution in [3.63, 3.8) is 0 Å². The van der Waals surface area contributed by atoms with Gasteiger partial charge in [0.1, 0.15) is 5.82 Å². The molecule has 0 saturated heterocycles. The Morgan fingerprint density at radius 3 is 2.71 bits per heavy atom. The molecule has 2 N–H and O–H groups in total. The molecule has 2 unspecified atom stereocenters. The molecule has 1 aromatic carbocycles. The van der Waals surface area contributed by atoms with Gasteiger partial charge in [-0.15, -0.1) is 0 Å². The predicted molar refractivity (Wildman–Crippen MR) is 70.3 cm³/mol. The third-order valence-electron chi connectivity index (χ3n) is 3.22. The van der Waals surface area contributed by atoms with Crippen LogP contribution >= 0.6 is 0 Å². The quantitative estimate of drug-likeness (QED) is 0.825. The molecule has 0 aliphatic heterocycles. The van der Waals surface area contributed by atoms with Gasteiger partial charge in [0, 0.05) is 18.6 Å². The van der Waals surface area contributed by atoms with E-state index in [-0.39, 0.29) is 11.9 Å². The summed E-state index contributed by atoms with van der Waals surface area (Å²) < 4.78 is 13.1. The first-order valence-corrected chi connectivity index (χ1v) is 6.25. The van der Waals surface area contributed by atoms with E-state index in [2.05, 4.69) is 25.8 Å². The second-order valence-corrected chi connectivity index (χ2v) is 4.74. The highest BCUT2D eigenvalue weighted by molar-refractivity contribution is 5.20. The summed E-state index contributed by atoms with van der Waals surface area (Å²) in [6, 6.07) is 6.93. The van der Waals surface area contributed by atoms with Gasteiger partial charge in [-0.3, -0.25) is 0 Å². The van der Waals surface area contributed by atoms with Gasteiger partial charge < -0.3 is 10.6 Å². The van der Waals surface area contributed by atoms with E-state index in [1.165, 1.54) is 18.6 Å². The largest absolute Gasteiger partial charge is 0.323 e. The highest BCUT2D eigenvalue weighted by Gasteiger charge is 2.13. The van der Waals surface area contributed by atoms with Crippen molar-refractivity contribution in [3.8, 4) is 0 Å². The lowest BCUT2D eigenvalue weighted by atomic mass is 10.1. The summed E-state index contributed by atoms with van der Waals surface area (Å²) >= 11 is 0. The first-order chi connectivity index (χ1) is 8.04. The van der Waals surface area contributed by atoms with Crippen molar-refractivity contribution in [2.75, 3.05) is 13.6 Å². The van der Waals surface area contributed by atoms with E-state index in [9.17, 15) is 4.39 Å². The van der Waals surface area contributed by atoms with Gasteiger partial charge in [-0.05, 0) is 38.1 Å². The fourth-order valence-electron chi connectivity index (χ4n) is 1.97. The Kier molecular flexibility index (Phi) is 5.59. The third-order valence-corrected chi connectivity index (χ3v) is 3.22. The summed E-state index contributed by atoms with van der Waals surface area (Å²) in [7, 11) is 2.07. The molecule has 0 heterocycles. The molecule has 0 aliphatic carbocycles. The number of hydrogen-bond donors (Lipinski definition) is 1. The van der Waals surface area contributed by atoms with Crippen LogP contribution in [0.1, 0.15) is 38.3 Å². The normalized spacial score (nSPS) is 14.9. The Morgan fingerprint density at radius 1 is 1.41 bits per heavy atom. The minimum Gasteiger partial charge on any atom is -0.323 e. The van der Waals surface area contributed by atoms with E-state index in [1.807, 2.05) is 6.07 Å². The Morgan fingerprint density at radius 2 is 2.12 bits per heavy atom. The van der Waals surface area contributed by atoms with Crippen molar-refractivity contribution in [1.82, 2.24) is 4.90 Å². The minimum atomic E-state index is -0.220. The standard InChI is InChI=1S/C14H23FN2/c1-4-6-11(2)17(3)10-14(16)12-7-5-8-13(15)9-12/h5,7-9,11,14H,4,6,10,16H2,1-3H3. The summed E-state index contributed by atoms with van der Waals surface area (Å²) in [5.41, 5.74) is 6.95. The van der Waals surface area contributed by atoms with Crippen molar-refractivity contribution < 1.29 is 4.39 Å². The zero-order valence-electron chi connectivity index (χ0n) is 11.0. The van der Waals surface area contributed by atoms with Crippen LogP contribution in [0.25, 0.3) is 0 Å². The number of nitrogens with zero attached hydrogens (tertiary/aromatic N) is 1. The lowest BCUT2D eigenvalue weighted by Crippen LogP contribution is -2.35. The van der Waals surface area contributed by atoms with Crippen molar-refractivity contribution in [2.24, 2.45) is 5.73 Å². The number of hydrogen-bond acceptors (Lipinski definition) is 2. The highest BCUT2D eigenvalue weighted by atomic mass is 19.1. The lowest BCUT2D eigenvalue weighted by molar-refractivity contribution is 0.231. The second-order valence-electron chi connectivity index (χ2n) is 4.74. The van der Waals surface area contributed by atoms with Crippen LogP contribution in [-0.4, -0.2) is 24.5 Å². The molecule has 0 bridgehead atoms. The molecule has 0 saturated carbocycles. The maximum Gasteiger partial charge on any atom is 0.123 e. The molecule has 2 atom stereocenters. The van der Waals surface area contributed by atoms with Crippen LogP contribution in [-0.2, 0) is 0 Å². The minimum absolute atomic E-state index is 0.130. The zero-order valence-corrected chi connectivity index (χ0v) is 11.0. The maximum absolute atomic E-state index is 13.1. The maximum atomic E-state index is 13.1. The van der Waals surface area contributed by atoms with E-state index in [1.54, 1.807) is 6.07 Å². The van der Waals surface area contributed by atoms with Gasteiger partial charge in [0.15, 0.2) is 0 Å². The monoisotopic (exact) mass is 238 g/mol. The fraction of sp³-hybridized carbons (Fsp3) is 0.571. The van der Waals surface area contributed by atoms with Gasteiger partial charge in [-0.1, -0.05) is 25.5 Å². The van der Waals surface area contributed by atoms with E-state index in [0.717, 1.165) is 18.5 Å². The highest BCUT2D eigenvalue weighted by Crippen LogP contribution is 2.14. The molecule has 0 amide bonds. The molecule has 2 nitrogen and oxygen atoms in total. The molecule has 17 heavy (non-hydrogen) atoms. The molecule has 96 valence electrons. The number of halogens is 1. The van der Waals surface area contributed by atoms with Crippen LogP contribution in [0.2, 0.25) is 0 Å². The predicted octanol–water partition coefficient (Wildman–Crippen LogP) is 2.95. The van der Waals surface area contributed by atoms with Gasteiger partial charge in [0.05, 0.1) is 0 Å². The van der Waals surface area contributed by atoms with Crippen molar-refractivity contribution in [3.05, 3.63) is 35.6 Å². The van der Waals surface area contributed by atoms with Crippen molar-refractivity contribution in [1.29, 1.82) is 0 Å². The Balaban J connectivity index is 2.56. The average molecular weight is 238 g/mol. The Bertz CT molecular complexity index is 341. The summed E-state index contributed by atoms with van der Waals surface area (Å²) in [4.78, 5) is 2.24. The average Bonchev–Trinajstić information content (AvgIpc) is 2.29. The summed E-state index contributed by atoms with van der Waals surface area (Å²) in [6.07, 6.45) is 2.33. The van der Waals surface area contributed by atoms with E-state index < -0.39 is 0 Å². The first kappa shape index (κ1) is 14.1. The van der Waals surface area contributed by atoms with Crippen LogP contribution in [0, 0.1) is 5.82 Å². The lowest BCUT2D eigenvalue weighted by Gasteiger charge is -2.27. The van der Waals surface area contributed by atoms with Crippen LogP contribution in [0.15, 0.2) is 24.3 Å². The molecule has 0 radical (unpaired) electrons. The fourth-order valence-corrected chi connectivity index (χ4v) is 1.97. The molecule has 0 spiro atoms. The van der Waals surface area contributed by atoms with E-state index in [0.29, 0.717) is 6.04 Å². The van der Waals surface area contributed by atoms with Gasteiger partial charge in [0.25, 0.3) is 0 Å². The molecule has 0 aliphatic rings. The number of nitrogens with two attached hydrogens (primary N) is 1. The van der Waals surface area contributed by atoms with Crippen LogP contribution < -0.4 is 5.73 Å². The molecule has 0 aromatic heterocycles. The number of benzene rings is 1. The van der Waals surface area contributed by atoms with Crippen molar-refractivity contribution in [2.45, 2.75) is 38.8 Å². The number of rotatable bonds is 6. The van der Waals surface area contributed by atoms with Gasteiger partial charge in [-0.2, -0.15) is 0 Å². The van der Waals surface area contributed by atoms with Gasteiger partial charge >= 0.3 is 0 Å². The van der Waals surface area contributed by atoms with Crippen LogP contribution in [0.4, 0.5) is 4.39 Å². The Labute approximate surface area is 104 Å². The summed E-state index contributed by atoms with van der Waals surface area (Å²) in [5, 5.41) is 0. The summed E-state index contributed by atoms with van der Waals surface area (Å²) in [6.45, 7) is 5.13. The molecule has 0 fully saturated rings. The van der Waals surface area contributed by atoms with Gasteiger partial charge in [-0.25, -0.2) is 4.39 Å². The first-order valence-electron chi connectivity index (χ1n) is 6.25. The SMILES string of the molecule is CCCC(C)N(C)CC(N)c1cccc(F)c1. The van der Waals surface area contributed by atoms with Crippen LogP contribution in [0.5, 0.6) is 0 Å². The molecule has 3 heteroatoms. The topological polar surface area (TPSA) is 29.3 Å². The number of likely N-dealkylation sites (N-methyl/N-ethyl adjacent to an activating group) is 1. The molecule has 1 aromatic rings. The van der Waals surface area contributed by atoms with Gasteiger partial charge in [0.2, 0.25) is 0 Å². The Hall–Kier alpha value is -0.930. The van der Waals surface area contributed by atoms with E-state index in [4.69, 9.17) is 5.73 Å². The van der Waals surface area contributed by atoms with Crippen LogP contribution in [0.3, 0.4) is 0 Å². The zero-order chi connectivity index (χ0) is 12.8. The molecule has 1 rings (SSSR count). The summed E-state index contributed by atoms with van der Waals surface area (Å²) in [5.74, 6) is -0.220. The second kappa shape index (κ2) is 6.72. The smallest absolute Gasteiger partial charge is 0.123 e. The molecular weight excluding hydrogens is 215 g/mol.